The molecule has 1 aromatic carbocycles. The van der Waals surface area contributed by atoms with Crippen LogP contribution in [0.3, 0.4) is 0 Å². The second-order valence-corrected chi connectivity index (χ2v) is 8.98. The van der Waals surface area contributed by atoms with Crippen LogP contribution in [-0.4, -0.2) is 33.4 Å². The first kappa shape index (κ1) is 18.6. The molecule has 5 nitrogen and oxygen atoms in total. The fraction of sp³-hybridized carbons (Fsp3) is 0.524. The monoisotopic (exact) mass is 383 g/mol. The maximum atomic E-state index is 5.87. The molecule has 1 aliphatic heterocycles. The summed E-state index contributed by atoms with van der Waals surface area (Å²) in [7, 11) is 0. The molecular weight excluding hydrogens is 354 g/mol. The second-order valence-electron chi connectivity index (χ2n) is 7.81. The van der Waals surface area contributed by atoms with E-state index in [1.807, 2.05) is 18.0 Å². The van der Waals surface area contributed by atoms with Crippen LogP contribution in [0.25, 0.3) is 0 Å². The van der Waals surface area contributed by atoms with Gasteiger partial charge in [-0.1, -0.05) is 6.42 Å². The minimum absolute atomic E-state index is 0.287. The summed E-state index contributed by atoms with van der Waals surface area (Å²) in [6, 6.07) is 9.20. The van der Waals surface area contributed by atoms with Crippen LogP contribution < -0.4 is 10.6 Å². The molecule has 1 aromatic heterocycles. The first-order chi connectivity index (χ1) is 13.1. The molecule has 2 fully saturated rings. The molecular formula is C21H29N5S. The molecule has 0 amide bonds. The number of aromatic nitrogens is 2. The Labute approximate surface area is 166 Å². The van der Waals surface area contributed by atoms with E-state index in [0.29, 0.717) is 11.9 Å². The molecule has 0 spiro atoms. The van der Waals surface area contributed by atoms with Crippen LogP contribution in [-0.2, 0) is 0 Å². The van der Waals surface area contributed by atoms with Crippen molar-refractivity contribution in [2.45, 2.75) is 62.8 Å². The van der Waals surface area contributed by atoms with Crippen molar-refractivity contribution in [2.24, 2.45) is 0 Å². The molecule has 2 N–H and O–H groups in total. The number of nitrogen functional groups attached to an aromatic ring is 1. The summed E-state index contributed by atoms with van der Waals surface area (Å²) in [5, 5.41) is 0. The predicted molar refractivity (Wildman–Crippen MR) is 113 cm³/mol. The molecule has 2 aromatic rings. The summed E-state index contributed by atoms with van der Waals surface area (Å²) in [5.74, 6) is 1.85. The van der Waals surface area contributed by atoms with Crippen LogP contribution in [0.1, 0.15) is 57.4 Å². The molecule has 2 heterocycles. The van der Waals surface area contributed by atoms with Crippen molar-refractivity contribution >= 4 is 29.4 Å². The maximum absolute atomic E-state index is 5.87. The second kappa shape index (κ2) is 8.07. The Balaban J connectivity index is 1.70. The van der Waals surface area contributed by atoms with E-state index >= 15 is 0 Å². The quantitative estimate of drug-likeness (QED) is 0.710. The van der Waals surface area contributed by atoms with Crippen molar-refractivity contribution < 1.29 is 0 Å². The van der Waals surface area contributed by atoms with E-state index in [-0.39, 0.29) is 6.04 Å². The molecule has 1 aliphatic carbocycles. The van der Waals surface area contributed by atoms with Gasteiger partial charge in [-0.2, -0.15) is 4.98 Å². The molecule has 0 radical (unpaired) electrons. The largest absolute Gasteiger partial charge is 0.368 e. The Morgan fingerprint density at radius 3 is 2.56 bits per heavy atom. The number of benzene rings is 1. The minimum Gasteiger partial charge on any atom is -0.368 e. The van der Waals surface area contributed by atoms with Gasteiger partial charge in [-0.15, -0.1) is 0 Å². The molecule has 0 atom stereocenters. The maximum Gasteiger partial charge on any atom is 0.221 e. The van der Waals surface area contributed by atoms with Crippen molar-refractivity contribution in [3.05, 3.63) is 36.0 Å². The molecule has 0 bridgehead atoms. The Hall–Kier alpha value is -1.79. The third-order valence-corrected chi connectivity index (χ3v) is 6.61. The average Bonchev–Trinajstić information content (AvgIpc) is 3.08. The van der Waals surface area contributed by atoms with Crippen LogP contribution >= 0.6 is 11.9 Å². The fourth-order valence-corrected chi connectivity index (χ4v) is 5.00. The van der Waals surface area contributed by atoms with Crippen molar-refractivity contribution in [2.75, 3.05) is 23.7 Å². The predicted octanol–water partition coefficient (Wildman–Crippen LogP) is 4.98. The zero-order valence-corrected chi connectivity index (χ0v) is 17.1. The normalized spacial score (nSPS) is 18.0. The number of hydrogen-bond donors (Lipinski definition) is 1. The van der Waals surface area contributed by atoms with E-state index in [2.05, 4.69) is 51.2 Å². The van der Waals surface area contributed by atoms with E-state index in [1.54, 1.807) is 6.20 Å². The van der Waals surface area contributed by atoms with E-state index in [0.717, 1.165) is 5.82 Å². The summed E-state index contributed by atoms with van der Waals surface area (Å²) in [4.78, 5) is 12.2. The van der Waals surface area contributed by atoms with Gasteiger partial charge in [0.05, 0.1) is 0 Å². The third-order valence-electron chi connectivity index (χ3n) is 5.53. The Morgan fingerprint density at radius 2 is 1.93 bits per heavy atom. The molecule has 1 saturated carbocycles. The van der Waals surface area contributed by atoms with Gasteiger partial charge in [0.2, 0.25) is 5.95 Å². The lowest BCUT2D eigenvalue weighted by molar-refractivity contribution is 0.419. The zero-order chi connectivity index (χ0) is 18.8. The van der Waals surface area contributed by atoms with Crippen molar-refractivity contribution in [3.8, 4) is 0 Å². The van der Waals surface area contributed by atoms with Gasteiger partial charge in [-0.3, -0.25) is 0 Å². The molecule has 0 unspecified atom stereocenters. The topological polar surface area (TPSA) is 58.3 Å². The first-order valence-corrected chi connectivity index (χ1v) is 10.8. The van der Waals surface area contributed by atoms with Crippen molar-refractivity contribution in [1.82, 2.24) is 14.3 Å². The standard InChI is InChI=1S/C21H29N5S/c1-15(2)26(20-10-11-23-21(22)24-20)19-9-8-17(27-25-12-3-4-13-25)14-18(19)16-6-5-7-16/h8-11,14-16H,3-7,12-13H2,1-2H3,(H2,22,23,24). The van der Waals surface area contributed by atoms with E-state index < -0.39 is 0 Å². The summed E-state index contributed by atoms with van der Waals surface area (Å²) >= 11 is 1.91. The summed E-state index contributed by atoms with van der Waals surface area (Å²) in [6.45, 7) is 6.80. The highest BCUT2D eigenvalue weighted by Crippen LogP contribution is 2.44. The highest BCUT2D eigenvalue weighted by atomic mass is 32.2. The van der Waals surface area contributed by atoms with Gasteiger partial charge in [0.1, 0.15) is 5.82 Å². The first-order valence-electron chi connectivity index (χ1n) is 10.1. The van der Waals surface area contributed by atoms with Gasteiger partial charge in [-0.25, -0.2) is 9.29 Å². The van der Waals surface area contributed by atoms with Crippen LogP contribution in [0.15, 0.2) is 35.4 Å². The lowest BCUT2D eigenvalue weighted by Crippen LogP contribution is -2.28. The van der Waals surface area contributed by atoms with Crippen LogP contribution in [0, 0.1) is 0 Å². The third kappa shape index (κ3) is 4.06. The fourth-order valence-electron chi connectivity index (χ4n) is 3.95. The van der Waals surface area contributed by atoms with E-state index in [9.17, 15) is 0 Å². The minimum atomic E-state index is 0.287. The van der Waals surface area contributed by atoms with Gasteiger partial charge in [0, 0.05) is 35.9 Å². The molecule has 144 valence electrons. The number of hydrogen-bond acceptors (Lipinski definition) is 6. The average molecular weight is 384 g/mol. The lowest BCUT2D eigenvalue weighted by Gasteiger charge is -2.35. The lowest BCUT2D eigenvalue weighted by atomic mass is 9.79. The number of nitrogens with two attached hydrogens (primary N) is 1. The molecule has 2 aliphatic rings. The van der Waals surface area contributed by atoms with Gasteiger partial charge >= 0.3 is 0 Å². The van der Waals surface area contributed by atoms with Gasteiger partial charge in [0.15, 0.2) is 0 Å². The zero-order valence-electron chi connectivity index (χ0n) is 16.3. The summed E-state index contributed by atoms with van der Waals surface area (Å²) < 4.78 is 2.49. The van der Waals surface area contributed by atoms with Gasteiger partial charge in [0.25, 0.3) is 0 Å². The SMILES string of the molecule is CC(C)N(c1ccnc(N)n1)c1ccc(SN2CCCC2)cc1C1CCC1. The van der Waals surface area contributed by atoms with Gasteiger partial charge in [-0.05, 0) is 87.2 Å². The number of nitrogens with zero attached hydrogens (tertiary/aromatic N) is 4. The van der Waals surface area contributed by atoms with Gasteiger partial charge < -0.3 is 10.6 Å². The Bertz CT molecular complexity index is 784. The Morgan fingerprint density at radius 1 is 1.15 bits per heavy atom. The van der Waals surface area contributed by atoms with E-state index in [4.69, 9.17) is 5.73 Å². The van der Waals surface area contributed by atoms with Crippen molar-refractivity contribution in [3.63, 3.8) is 0 Å². The molecule has 1 saturated heterocycles. The summed E-state index contributed by atoms with van der Waals surface area (Å²) in [6.07, 6.45) is 8.27. The smallest absolute Gasteiger partial charge is 0.221 e. The molecule has 4 rings (SSSR count). The molecule has 27 heavy (non-hydrogen) atoms. The highest BCUT2D eigenvalue weighted by Gasteiger charge is 2.27. The summed E-state index contributed by atoms with van der Waals surface area (Å²) in [5.41, 5.74) is 8.59. The van der Waals surface area contributed by atoms with Crippen molar-refractivity contribution in [1.29, 1.82) is 0 Å². The van der Waals surface area contributed by atoms with Crippen LogP contribution in [0.5, 0.6) is 0 Å². The Kier molecular flexibility index (Phi) is 5.55. The number of anilines is 3. The van der Waals surface area contributed by atoms with E-state index in [1.165, 1.54) is 61.3 Å². The molecule has 6 heteroatoms. The number of rotatable bonds is 6. The van der Waals surface area contributed by atoms with Crippen LogP contribution in [0.2, 0.25) is 0 Å². The highest BCUT2D eigenvalue weighted by molar-refractivity contribution is 7.97. The van der Waals surface area contributed by atoms with Crippen LogP contribution in [0.4, 0.5) is 17.5 Å².